The third-order valence-electron chi connectivity index (χ3n) is 2.11. The lowest BCUT2D eigenvalue weighted by Gasteiger charge is -2.00. The summed E-state index contributed by atoms with van der Waals surface area (Å²) in [6, 6.07) is 6.58. The Morgan fingerprint density at radius 3 is 2.38 bits per heavy atom. The standard InChI is InChI=1S/C12H12BrClO2/c13-7-1-2-11(15)8-12(16)9-3-5-10(14)6-4-9/h3-6H,1-2,7-8H2. The van der Waals surface area contributed by atoms with Gasteiger partial charge in [-0.3, -0.25) is 9.59 Å². The molecular weight excluding hydrogens is 291 g/mol. The fourth-order valence-corrected chi connectivity index (χ4v) is 1.68. The maximum Gasteiger partial charge on any atom is 0.170 e. The molecule has 16 heavy (non-hydrogen) atoms. The first-order valence-corrected chi connectivity index (χ1v) is 6.50. The lowest BCUT2D eigenvalue weighted by Crippen LogP contribution is -2.08. The van der Waals surface area contributed by atoms with Crippen LogP contribution in [0, 0.1) is 0 Å². The lowest BCUT2D eigenvalue weighted by atomic mass is 10.0. The summed E-state index contributed by atoms with van der Waals surface area (Å²) in [5, 5.41) is 1.37. The second kappa shape index (κ2) is 6.81. The van der Waals surface area contributed by atoms with Crippen molar-refractivity contribution in [1.29, 1.82) is 0 Å². The van der Waals surface area contributed by atoms with E-state index < -0.39 is 0 Å². The van der Waals surface area contributed by atoms with Crippen LogP contribution >= 0.6 is 27.5 Å². The van der Waals surface area contributed by atoms with E-state index in [4.69, 9.17) is 11.6 Å². The molecule has 0 bridgehead atoms. The molecule has 0 heterocycles. The molecule has 0 atom stereocenters. The van der Waals surface area contributed by atoms with Crippen LogP contribution in [0.2, 0.25) is 5.02 Å². The Morgan fingerprint density at radius 2 is 1.81 bits per heavy atom. The van der Waals surface area contributed by atoms with E-state index in [1.165, 1.54) is 0 Å². The molecule has 0 saturated heterocycles. The summed E-state index contributed by atoms with van der Waals surface area (Å²) in [6.07, 6.45) is 1.20. The summed E-state index contributed by atoms with van der Waals surface area (Å²) < 4.78 is 0. The highest BCUT2D eigenvalue weighted by molar-refractivity contribution is 9.09. The second-order valence-corrected chi connectivity index (χ2v) is 4.67. The molecule has 1 aromatic rings. The van der Waals surface area contributed by atoms with E-state index in [-0.39, 0.29) is 18.0 Å². The normalized spacial score (nSPS) is 10.1. The van der Waals surface area contributed by atoms with Crippen LogP contribution in [-0.4, -0.2) is 16.9 Å². The number of hydrogen-bond acceptors (Lipinski definition) is 2. The van der Waals surface area contributed by atoms with Gasteiger partial charge in [0.1, 0.15) is 5.78 Å². The van der Waals surface area contributed by atoms with E-state index in [9.17, 15) is 9.59 Å². The van der Waals surface area contributed by atoms with E-state index >= 15 is 0 Å². The minimum Gasteiger partial charge on any atom is -0.299 e. The van der Waals surface area contributed by atoms with Gasteiger partial charge in [0.25, 0.3) is 0 Å². The SMILES string of the molecule is O=C(CCCBr)CC(=O)c1ccc(Cl)cc1. The van der Waals surface area contributed by atoms with Crippen molar-refractivity contribution in [1.82, 2.24) is 0 Å². The van der Waals surface area contributed by atoms with Crippen molar-refractivity contribution < 1.29 is 9.59 Å². The first-order chi connectivity index (χ1) is 7.63. The number of hydrogen-bond donors (Lipinski definition) is 0. The summed E-state index contributed by atoms with van der Waals surface area (Å²) in [4.78, 5) is 23.0. The van der Waals surface area contributed by atoms with Gasteiger partial charge < -0.3 is 0 Å². The Morgan fingerprint density at radius 1 is 1.19 bits per heavy atom. The third-order valence-corrected chi connectivity index (χ3v) is 2.93. The van der Waals surface area contributed by atoms with Gasteiger partial charge in [-0.15, -0.1) is 0 Å². The topological polar surface area (TPSA) is 34.1 Å². The van der Waals surface area contributed by atoms with Gasteiger partial charge >= 0.3 is 0 Å². The Bertz CT molecular complexity index is 373. The van der Waals surface area contributed by atoms with Crippen LogP contribution in [0.1, 0.15) is 29.6 Å². The minimum absolute atomic E-state index is 0.0144. The highest BCUT2D eigenvalue weighted by Gasteiger charge is 2.11. The number of ketones is 2. The van der Waals surface area contributed by atoms with Gasteiger partial charge in [0.15, 0.2) is 5.78 Å². The van der Waals surface area contributed by atoms with Crippen LogP contribution in [0.25, 0.3) is 0 Å². The van der Waals surface area contributed by atoms with Gasteiger partial charge in [-0.25, -0.2) is 0 Å². The first kappa shape index (κ1) is 13.4. The zero-order valence-corrected chi connectivity index (χ0v) is 11.1. The van der Waals surface area contributed by atoms with Gasteiger partial charge in [0.05, 0.1) is 6.42 Å². The van der Waals surface area contributed by atoms with Crippen molar-refractivity contribution in [2.75, 3.05) is 5.33 Å². The summed E-state index contributed by atoms with van der Waals surface area (Å²) >= 11 is 8.95. The first-order valence-electron chi connectivity index (χ1n) is 5.00. The van der Waals surface area contributed by atoms with Gasteiger partial charge in [0.2, 0.25) is 0 Å². The fourth-order valence-electron chi connectivity index (χ4n) is 1.27. The number of alkyl halides is 1. The maximum atomic E-state index is 11.7. The molecule has 2 nitrogen and oxygen atoms in total. The van der Waals surface area contributed by atoms with E-state index in [1.807, 2.05) is 0 Å². The average molecular weight is 304 g/mol. The van der Waals surface area contributed by atoms with E-state index in [0.717, 1.165) is 11.8 Å². The highest BCUT2D eigenvalue weighted by Crippen LogP contribution is 2.12. The maximum absolute atomic E-state index is 11.7. The number of carbonyl (C=O) groups is 2. The number of carbonyl (C=O) groups excluding carboxylic acids is 2. The molecule has 0 fully saturated rings. The molecular formula is C12H12BrClO2. The van der Waals surface area contributed by atoms with E-state index in [1.54, 1.807) is 24.3 Å². The molecule has 0 N–H and O–H groups in total. The van der Waals surface area contributed by atoms with E-state index in [0.29, 0.717) is 17.0 Å². The van der Waals surface area contributed by atoms with Crippen molar-refractivity contribution in [2.24, 2.45) is 0 Å². The highest BCUT2D eigenvalue weighted by atomic mass is 79.9. The molecule has 0 aliphatic carbocycles. The quantitative estimate of drug-likeness (QED) is 0.456. The minimum atomic E-state index is -0.142. The molecule has 86 valence electrons. The van der Waals surface area contributed by atoms with Gasteiger partial charge in [-0.2, -0.15) is 0 Å². The lowest BCUT2D eigenvalue weighted by molar-refractivity contribution is -0.118. The van der Waals surface area contributed by atoms with Crippen molar-refractivity contribution in [3.8, 4) is 0 Å². The van der Waals surface area contributed by atoms with Gasteiger partial charge in [-0.05, 0) is 30.7 Å². The Kier molecular flexibility index (Phi) is 5.71. The Hall–Kier alpha value is -0.670. The number of Topliss-reactive ketones (excluding diaryl/α,β-unsaturated/α-hetero) is 2. The number of halogens is 2. The number of benzene rings is 1. The molecule has 0 amide bonds. The monoisotopic (exact) mass is 302 g/mol. The van der Waals surface area contributed by atoms with Crippen LogP contribution in [-0.2, 0) is 4.79 Å². The van der Waals surface area contributed by atoms with Gasteiger partial charge in [-0.1, -0.05) is 27.5 Å². The number of rotatable bonds is 6. The second-order valence-electron chi connectivity index (χ2n) is 3.44. The Labute approximate surface area is 108 Å². The third kappa shape index (κ3) is 4.45. The molecule has 1 rings (SSSR count). The molecule has 0 spiro atoms. The van der Waals surface area contributed by atoms with Crippen molar-refractivity contribution in [3.05, 3.63) is 34.9 Å². The molecule has 4 heteroatoms. The van der Waals surface area contributed by atoms with Crippen LogP contribution in [0.3, 0.4) is 0 Å². The van der Waals surface area contributed by atoms with Crippen LogP contribution in [0.5, 0.6) is 0 Å². The largest absolute Gasteiger partial charge is 0.299 e. The van der Waals surface area contributed by atoms with Crippen LogP contribution < -0.4 is 0 Å². The van der Waals surface area contributed by atoms with Crippen molar-refractivity contribution in [2.45, 2.75) is 19.3 Å². The summed E-state index contributed by atoms with van der Waals surface area (Å²) in [5.41, 5.74) is 0.539. The van der Waals surface area contributed by atoms with Gasteiger partial charge in [0, 0.05) is 22.3 Å². The zero-order valence-electron chi connectivity index (χ0n) is 8.71. The van der Waals surface area contributed by atoms with Crippen LogP contribution in [0.4, 0.5) is 0 Å². The molecule has 1 aromatic carbocycles. The van der Waals surface area contributed by atoms with E-state index in [2.05, 4.69) is 15.9 Å². The molecule has 0 aliphatic heterocycles. The molecule has 0 saturated carbocycles. The summed E-state index contributed by atoms with van der Waals surface area (Å²) in [7, 11) is 0. The fraction of sp³-hybridized carbons (Fsp3) is 0.333. The van der Waals surface area contributed by atoms with Crippen molar-refractivity contribution in [3.63, 3.8) is 0 Å². The summed E-state index contributed by atoms with van der Waals surface area (Å²) in [6.45, 7) is 0. The molecule has 0 aliphatic rings. The summed E-state index contributed by atoms with van der Waals surface area (Å²) in [5.74, 6) is -0.157. The average Bonchev–Trinajstić information content (AvgIpc) is 2.27. The predicted octanol–water partition coefficient (Wildman–Crippen LogP) is 3.66. The Balaban J connectivity index is 2.52. The smallest absolute Gasteiger partial charge is 0.170 e. The predicted molar refractivity (Wildman–Crippen MR) is 68.4 cm³/mol. The molecule has 0 aromatic heterocycles. The van der Waals surface area contributed by atoms with Crippen LogP contribution in [0.15, 0.2) is 24.3 Å². The molecule has 0 unspecified atom stereocenters. The zero-order chi connectivity index (χ0) is 12.0. The van der Waals surface area contributed by atoms with Crippen molar-refractivity contribution >= 4 is 39.1 Å². The molecule has 0 radical (unpaired) electrons.